The van der Waals surface area contributed by atoms with Gasteiger partial charge in [-0.05, 0) is 17.7 Å². The maximum atomic E-state index is 13.4. The Labute approximate surface area is 186 Å². The van der Waals surface area contributed by atoms with Crippen molar-refractivity contribution in [1.29, 1.82) is 0 Å². The quantitative estimate of drug-likeness (QED) is 0.686. The van der Waals surface area contributed by atoms with Crippen LogP contribution < -0.4 is 5.32 Å². The van der Waals surface area contributed by atoms with Crippen molar-refractivity contribution in [3.05, 3.63) is 46.9 Å². The smallest absolute Gasteiger partial charge is 0.322 e. The van der Waals surface area contributed by atoms with Gasteiger partial charge in [0.2, 0.25) is 5.91 Å². The van der Waals surface area contributed by atoms with Crippen LogP contribution in [0.3, 0.4) is 0 Å². The fourth-order valence-electron chi connectivity index (χ4n) is 4.36. The predicted octanol–water partition coefficient (Wildman–Crippen LogP) is 0.409. The van der Waals surface area contributed by atoms with Gasteiger partial charge in [-0.2, -0.15) is 0 Å². The third kappa shape index (κ3) is 4.33. The van der Waals surface area contributed by atoms with Gasteiger partial charge in [0.05, 0.1) is 30.5 Å². The first-order valence-corrected chi connectivity index (χ1v) is 10.7. The van der Waals surface area contributed by atoms with E-state index in [1.54, 1.807) is 31.2 Å². The molecule has 1 atom stereocenters. The van der Waals surface area contributed by atoms with Crippen LogP contribution in [0.4, 0.5) is 9.18 Å². The average molecular weight is 445 g/mol. The number of ether oxygens (including phenoxy) is 1. The number of hydrogen-bond donors (Lipinski definition) is 1. The molecular formula is C22H28FN5O4. The van der Waals surface area contributed by atoms with Gasteiger partial charge in [0.25, 0.3) is 5.91 Å². The second-order valence-electron chi connectivity index (χ2n) is 8.23. The summed E-state index contributed by atoms with van der Waals surface area (Å²) in [6.45, 7) is 4.39. The van der Waals surface area contributed by atoms with Gasteiger partial charge in [0.15, 0.2) is 0 Å². The van der Waals surface area contributed by atoms with Crippen molar-refractivity contribution in [3.63, 3.8) is 0 Å². The average Bonchev–Trinajstić information content (AvgIpc) is 3.12. The van der Waals surface area contributed by atoms with Crippen molar-refractivity contribution in [3.8, 4) is 0 Å². The van der Waals surface area contributed by atoms with Crippen molar-refractivity contribution in [2.75, 3.05) is 66.6 Å². The molecule has 4 rings (SSSR count). The Hall–Kier alpha value is -2.98. The summed E-state index contributed by atoms with van der Waals surface area (Å²) in [7, 11) is 3.27. The standard InChI is InChI=1S/C22H28FN5O4/c1-25-17-13-28(14-18(29)27-9-7-26(8-10-27)11-12-32-2)21(30)19(17)20(24-22(25)31)15-3-5-16(23)6-4-15/h3-6,20H,7-14H2,1-2H3,(H,24,31). The number of nitrogens with zero attached hydrogens (tertiary/aromatic N) is 4. The Balaban J connectivity index is 1.44. The maximum Gasteiger partial charge on any atom is 0.322 e. The van der Waals surface area contributed by atoms with E-state index in [0.717, 1.165) is 19.6 Å². The number of halogens is 1. The van der Waals surface area contributed by atoms with E-state index in [1.165, 1.54) is 21.9 Å². The lowest BCUT2D eigenvalue weighted by Gasteiger charge is -2.35. The fraction of sp³-hybridized carbons (Fsp3) is 0.500. The predicted molar refractivity (Wildman–Crippen MR) is 114 cm³/mol. The Morgan fingerprint density at radius 2 is 1.84 bits per heavy atom. The van der Waals surface area contributed by atoms with Gasteiger partial charge < -0.3 is 19.9 Å². The second-order valence-corrected chi connectivity index (χ2v) is 8.23. The number of likely N-dealkylation sites (N-methyl/N-ethyl adjacent to an activating group) is 1. The highest BCUT2D eigenvalue weighted by molar-refractivity contribution is 6.02. The van der Waals surface area contributed by atoms with E-state index in [-0.39, 0.29) is 30.9 Å². The monoisotopic (exact) mass is 445 g/mol. The molecule has 1 unspecified atom stereocenters. The van der Waals surface area contributed by atoms with Gasteiger partial charge in [0.1, 0.15) is 12.4 Å². The van der Waals surface area contributed by atoms with Crippen molar-refractivity contribution in [2.45, 2.75) is 6.04 Å². The fourth-order valence-corrected chi connectivity index (χ4v) is 4.36. The van der Waals surface area contributed by atoms with Crippen LogP contribution in [0.5, 0.6) is 0 Å². The zero-order chi connectivity index (χ0) is 22.8. The van der Waals surface area contributed by atoms with Crippen LogP contribution >= 0.6 is 0 Å². The largest absolute Gasteiger partial charge is 0.383 e. The summed E-state index contributed by atoms with van der Waals surface area (Å²) in [6, 6.07) is 4.69. The first-order chi connectivity index (χ1) is 15.4. The van der Waals surface area contributed by atoms with Crippen LogP contribution in [-0.4, -0.2) is 104 Å². The van der Waals surface area contributed by atoms with Gasteiger partial charge in [0, 0.05) is 46.9 Å². The molecule has 1 aromatic rings. The minimum absolute atomic E-state index is 0.0396. The zero-order valence-electron chi connectivity index (χ0n) is 18.3. The molecule has 1 aromatic carbocycles. The van der Waals surface area contributed by atoms with Crippen molar-refractivity contribution in [1.82, 2.24) is 24.9 Å². The minimum Gasteiger partial charge on any atom is -0.383 e. The number of amides is 4. The summed E-state index contributed by atoms with van der Waals surface area (Å²) in [5.41, 5.74) is 1.62. The summed E-state index contributed by atoms with van der Waals surface area (Å²) in [5.74, 6) is -0.785. The third-order valence-corrected chi connectivity index (χ3v) is 6.30. The van der Waals surface area contributed by atoms with Crippen LogP contribution in [0.15, 0.2) is 35.5 Å². The van der Waals surface area contributed by atoms with E-state index in [9.17, 15) is 18.8 Å². The molecule has 1 saturated heterocycles. The van der Waals surface area contributed by atoms with Gasteiger partial charge in [-0.1, -0.05) is 12.1 Å². The number of carbonyl (C=O) groups is 3. The number of piperazine rings is 1. The van der Waals surface area contributed by atoms with Crippen molar-refractivity contribution < 1.29 is 23.5 Å². The minimum atomic E-state index is -0.675. The summed E-state index contributed by atoms with van der Waals surface area (Å²) >= 11 is 0. The van der Waals surface area contributed by atoms with E-state index in [4.69, 9.17) is 4.74 Å². The molecule has 3 heterocycles. The molecule has 1 N–H and O–H groups in total. The molecule has 4 amide bonds. The highest BCUT2D eigenvalue weighted by Gasteiger charge is 2.43. The second kappa shape index (κ2) is 9.25. The molecule has 10 heteroatoms. The SMILES string of the molecule is COCCN1CCN(C(=O)CN2CC3=C(C2=O)C(c2ccc(F)cc2)NC(=O)N3C)CC1. The van der Waals surface area contributed by atoms with Gasteiger partial charge in [-0.25, -0.2) is 9.18 Å². The topological polar surface area (TPSA) is 85.4 Å². The molecule has 9 nitrogen and oxygen atoms in total. The molecule has 0 spiro atoms. The summed E-state index contributed by atoms with van der Waals surface area (Å²) in [6.07, 6.45) is 0. The Morgan fingerprint density at radius 3 is 2.50 bits per heavy atom. The lowest BCUT2D eigenvalue weighted by atomic mass is 9.96. The lowest BCUT2D eigenvalue weighted by molar-refractivity contribution is -0.139. The molecule has 0 aliphatic carbocycles. The molecule has 172 valence electrons. The van der Waals surface area contributed by atoms with Crippen LogP contribution in [-0.2, 0) is 14.3 Å². The summed E-state index contributed by atoms with van der Waals surface area (Å²) < 4.78 is 18.5. The van der Waals surface area contributed by atoms with Gasteiger partial charge in [-0.15, -0.1) is 0 Å². The zero-order valence-corrected chi connectivity index (χ0v) is 18.3. The van der Waals surface area contributed by atoms with E-state index in [1.807, 2.05) is 0 Å². The molecule has 3 aliphatic rings. The summed E-state index contributed by atoms with van der Waals surface area (Å²) in [5, 5.41) is 2.81. The normalized spacial score (nSPS) is 21.8. The molecule has 32 heavy (non-hydrogen) atoms. The molecule has 3 aliphatic heterocycles. The number of hydrogen-bond acceptors (Lipinski definition) is 5. The van der Waals surface area contributed by atoms with E-state index < -0.39 is 11.9 Å². The Kier molecular flexibility index (Phi) is 6.43. The number of benzene rings is 1. The first kappa shape index (κ1) is 22.2. The van der Waals surface area contributed by atoms with E-state index >= 15 is 0 Å². The number of methoxy groups -OCH3 is 1. The van der Waals surface area contributed by atoms with Crippen LogP contribution in [0.25, 0.3) is 0 Å². The number of urea groups is 1. The van der Waals surface area contributed by atoms with Gasteiger partial charge in [-0.3, -0.25) is 19.4 Å². The molecule has 0 bridgehead atoms. The Morgan fingerprint density at radius 1 is 1.16 bits per heavy atom. The third-order valence-electron chi connectivity index (χ3n) is 6.30. The van der Waals surface area contributed by atoms with Crippen LogP contribution in [0, 0.1) is 5.82 Å². The highest BCUT2D eigenvalue weighted by Crippen LogP contribution is 2.35. The van der Waals surface area contributed by atoms with Crippen molar-refractivity contribution >= 4 is 17.8 Å². The van der Waals surface area contributed by atoms with Crippen LogP contribution in [0.1, 0.15) is 11.6 Å². The van der Waals surface area contributed by atoms with Crippen molar-refractivity contribution in [2.24, 2.45) is 0 Å². The number of nitrogens with one attached hydrogen (secondary N) is 1. The van der Waals surface area contributed by atoms with Gasteiger partial charge >= 0.3 is 6.03 Å². The Bertz CT molecular complexity index is 927. The molecule has 0 radical (unpaired) electrons. The highest BCUT2D eigenvalue weighted by atomic mass is 19.1. The van der Waals surface area contributed by atoms with Crippen LogP contribution in [0.2, 0.25) is 0 Å². The maximum absolute atomic E-state index is 13.4. The lowest BCUT2D eigenvalue weighted by Crippen LogP contribution is -2.52. The van der Waals surface area contributed by atoms with E-state index in [0.29, 0.717) is 36.5 Å². The molecule has 0 saturated carbocycles. The van der Waals surface area contributed by atoms with E-state index in [2.05, 4.69) is 10.2 Å². The molecule has 1 fully saturated rings. The summed E-state index contributed by atoms with van der Waals surface area (Å²) in [4.78, 5) is 45.5. The first-order valence-electron chi connectivity index (χ1n) is 10.7. The number of carbonyl (C=O) groups excluding carboxylic acids is 3. The number of rotatable bonds is 6. The molecular weight excluding hydrogens is 417 g/mol. The molecule has 0 aromatic heterocycles.